The summed E-state index contributed by atoms with van der Waals surface area (Å²) >= 11 is 0. The van der Waals surface area contributed by atoms with Gasteiger partial charge in [0.2, 0.25) is 5.69 Å². The molecule has 0 aliphatic heterocycles. The summed E-state index contributed by atoms with van der Waals surface area (Å²) in [6.45, 7) is 1.85. The van der Waals surface area contributed by atoms with E-state index in [1.165, 1.54) is 20.4 Å². The smallest absolute Gasteiger partial charge is 0.365 e. The van der Waals surface area contributed by atoms with Gasteiger partial charge in [-0.1, -0.05) is 6.07 Å². The molecule has 2 heterocycles. The van der Waals surface area contributed by atoms with Gasteiger partial charge >= 0.3 is 11.9 Å². The predicted molar refractivity (Wildman–Crippen MR) is 109 cm³/mol. The Bertz CT molecular complexity index is 1360. The molecule has 0 aliphatic carbocycles. The van der Waals surface area contributed by atoms with Crippen molar-refractivity contribution >= 4 is 34.0 Å². The first kappa shape index (κ1) is 20.0. The minimum atomic E-state index is -1.38. The van der Waals surface area contributed by atoms with Crippen LogP contribution in [0.25, 0.3) is 22.1 Å². The Morgan fingerprint density at radius 2 is 1.55 bits per heavy atom. The molecule has 0 bridgehead atoms. The van der Waals surface area contributed by atoms with Gasteiger partial charge < -0.3 is 19.3 Å². The molecule has 0 spiro atoms. The van der Waals surface area contributed by atoms with Gasteiger partial charge in [0.15, 0.2) is 17.2 Å². The molecule has 10 heteroatoms. The Morgan fingerprint density at radius 1 is 0.871 bits per heavy atom. The summed E-state index contributed by atoms with van der Waals surface area (Å²) in [4.78, 5) is 40.9. The number of carbonyl (C=O) groups excluding carboxylic acids is 1. The van der Waals surface area contributed by atoms with E-state index < -0.39 is 23.5 Å². The third-order valence-electron chi connectivity index (χ3n) is 4.44. The number of hydrogen-bond donors (Lipinski definition) is 1. The van der Waals surface area contributed by atoms with E-state index in [-0.39, 0.29) is 5.69 Å². The highest BCUT2D eigenvalue weighted by Crippen LogP contribution is 2.30. The number of aryl methyl sites for hydroxylation is 1. The predicted octanol–water partition coefficient (Wildman–Crippen LogP) is 2.82. The fourth-order valence-corrected chi connectivity index (χ4v) is 2.94. The number of carbonyl (C=O) groups is 2. The molecule has 0 atom stereocenters. The molecule has 0 saturated heterocycles. The van der Waals surface area contributed by atoms with Crippen LogP contribution in [0.1, 0.15) is 26.5 Å². The lowest BCUT2D eigenvalue weighted by atomic mass is 10.2. The van der Waals surface area contributed by atoms with Gasteiger partial charge in [0.1, 0.15) is 0 Å². The van der Waals surface area contributed by atoms with E-state index in [4.69, 9.17) is 14.2 Å². The van der Waals surface area contributed by atoms with Crippen molar-refractivity contribution in [3.05, 3.63) is 53.5 Å². The summed E-state index contributed by atoms with van der Waals surface area (Å²) in [7, 11) is 2.97. The zero-order valence-electron chi connectivity index (χ0n) is 16.7. The van der Waals surface area contributed by atoms with Crippen LogP contribution < -0.4 is 14.2 Å². The normalized spacial score (nSPS) is 10.8. The van der Waals surface area contributed by atoms with Gasteiger partial charge in [-0.05, 0) is 24.6 Å². The highest BCUT2D eigenvalue weighted by Gasteiger charge is 2.22. The Morgan fingerprint density at radius 3 is 2.23 bits per heavy atom. The van der Waals surface area contributed by atoms with Crippen molar-refractivity contribution in [3.63, 3.8) is 0 Å². The minimum absolute atomic E-state index is 0.137. The molecule has 156 valence electrons. The van der Waals surface area contributed by atoms with Crippen molar-refractivity contribution in [2.24, 2.45) is 0 Å². The van der Waals surface area contributed by atoms with Gasteiger partial charge in [-0.3, -0.25) is 4.98 Å². The molecular weight excluding hydrogens is 404 g/mol. The van der Waals surface area contributed by atoms with Crippen molar-refractivity contribution < 1.29 is 28.9 Å². The number of nitrogens with zero attached hydrogens (tertiary/aromatic N) is 4. The van der Waals surface area contributed by atoms with Crippen molar-refractivity contribution in [1.29, 1.82) is 0 Å². The molecule has 31 heavy (non-hydrogen) atoms. The monoisotopic (exact) mass is 420 g/mol. The molecule has 0 saturated carbocycles. The van der Waals surface area contributed by atoms with E-state index in [0.717, 1.165) is 5.56 Å². The molecule has 4 rings (SSSR count). The van der Waals surface area contributed by atoms with E-state index in [2.05, 4.69) is 19.9 Å². The zero-order valence-corrected chi connectivity index (χ0v) is 16.7. The number of benzene rings is 2. The van der Waals surface area contributed by atoms with E-state index in [1.54, 1.807) is 30.3 Å². The number of hydrogen-bond acceptors (Lipinski definition) is 9. The van der Waals surface area contributed by atoms with Crippen LogP contribution in [0.5, 0.6) is 17.4 Å². The number of aromatic nitrogens is 4. The number of fused-ring (bicyclic) bond motifs is 2. The average molecular weight is 420 g/mol. The molecule has 0 unspecified atom stereocenters. The lowest BCUT2D eigenvalue weighted by molar-refractivity contribution is 0.0669. The van der Waals surface area contributed by atoms with E-state index in [1.807, 2.05) is 6.92 Å². The second kappa shape index (κ2) is 7.82. The summed E-state index contributed by atoms with van der Waals surface area (Å²) < 4.78 is 15.7. The van der Waals surface area contributed by atoms with Crippen LogP contribution in [0.2, 0.25) is 0 Å². The van der Waals surface area contributed by atoms with Crippen molar-refractivity contribution in [3.8, 4) is 17.4 Å². The first-order valence-corrected chi connectivity index (χ1v) is 9.02. The van der Waals surface area contributed by atoms with Gasteiger partial charge in [-0.2, -0.15) is 0 Å². The second-order valence-corrected chi connectivity index (χ2v) is 6.52. The third kappa shape index (κ3) is 3.78. The highest BCUT2D eigenvalue weighted by atomic mass is 16.5. The molecule has 0 fully saturated rings. The Labute approximate surface area is 175 Å². The first-order chi connectivity index (χ1) is 14.9. The first-order valence-electron chi connectivity index (χ1n) is 9.02. The molecular formula is C21H16N4O6. The molecule has 2 aromatic carbocycles. The van der Waals surface area contributed by atoms with Crippen molar-refractivity contribution in [2.45, 2.75) is 6.92 Å². The van der Waals surface area contributed by atoms with Crippen molar-refractivity contribution in [2.75, 3.05) is 14.2 Å². The SMILES string of the molecule is COc1cc2ncc(C(=O)Oc3nc4cc(C)ccc4nc3C(=O)O)nc2cc1OC. The molecule has 4 aromatic rings. The van der Waals surface area contributed by atoms with E-state index in [0.29, 0.717) is 33.6 Å². The van der Waals surface area contributed by atoms with Crippen LogP contribution in [0.15, 0.2) is 36.5 Å². The molecule has 0 aliphatic rings. The van der Waals surface area contributed by atoms with Crippen molar-refractivity contribution in [1.82, 2.24) is 19.9 Å². The van der Waals surface area contributed by atoms with Gasteiger partial charge in [0.05, 0.1) is 42.5 Å². The lowest BCUT2D eigenvalue weighted by Gasteiger charge is -2.10. The number of methoxy groups -OCH3 is 2. The van der Waals surface area contributed by atoms with Crippen LogP contribution >= 0.6 is 0 Å². The van der Waals surface area contributed by atoms with Crippen LogP contribution in [0, 0.1) is 6.92 Å². The molecule has 0 radical (unpaired) electrons. The second-order valence-electron chi connectivity index (χ2n) is 6.52. The van der Waals surface area contributed by atoms with Gasteiger partial charge in [0.25, 0.3) is 5.88 Å². The maximum Gasteiger partial charge on any atom is 0.365 e. The Hall–Kier alpha value is -4.34. The number of esters is 1. The van der Waals surface area contributed by atoms with Crippen LogP contribution in [0.3, 0.4) is 0 Å². The summed E-state index contributed by atoms with van der Waals surface area (Å²) in [6.07, 6.45) is 1.22. The van der Waals surface area contributed by atoms with Gasteiger partial charge in [-0.25, -0.2) is 24.5 Å². The maximum absolute atomic E-state index is 12.7. The van der Waals surface area contributed by atoms with E-state index in [9.17, 15) is 14.7 Å². The summed E-state index contributed by atoms with van der Waals surface area (Å²) in [6, 6.07) is 8.32. The van der Waals surface area contributed by atoms with Gasteiger partial charge in [-0.15, -0.1) is 0 Å². The third-order valence-corrected chi connectivity index (χ3v) is 4.44. The molecule has 0 amide bonds. The summed E-state index contributed by atoms with van der Waals surface area (Å²) in [5.74, 6) is -1.84. The fraction of sp³-hybridized carbons (Fsp3) is 0.143. The van der Waals surface area contributed by atoms with E-state index >= 15 is 0 Å². The minimum Gasteiger partial charge on any atom is -0.493 e. The Balaban J connectivity index is 1.73. The quantitative estimate of drug-likeness (QED) is 0.480. The zero-order chi connectivity index (χ0) is 22.1. The van der Waals surface area contributed by atoms with Crippen LogP contribution in [-0.2, 0) is 0 Å². The largest absolute Gasteiger partial charge is 0.493 e. The maximum atomic E-state index is 12.7. The number of aromatic carboxylic acids is 1. The molecule has 10 nitrogen and oxygen atoms in total. The summed E-state index contributed by atoms with van der Waals surface area (Å²) in [5.41, 5.74) is 1.88. The van der Waals surface area contributed by atoms with Crippen LogP contribution in [-0.4, -0.2) is 51.2 Å². The number of carboxylic acid groups (broad SMARTS) is 1. The number of carboxylic acids is 1. The standard InChI is InChI=1S/C21H16N4O6/c1-10-4-5-11-13(6-10)25-19(18(24-11)20(26)27)31-21(28)15-9-22-12-7-16(29-2)17(30-3)8-14(12)23-15/h4-9H,1-3H3,(H,26,27). The molecule has 2 aromatic heterocycles. The Kier molecular flexibility index (Phi) is 5.04. The van der Waals surface area contributed by atoms with Crippen LogP contribution in [0.4, 0.5) is 0 Å². The average Bonchev–Trinajstić information content (AvgIpc) is 2.76. The lowest BCUT2D eigenvalue weighted by Crippen LogP contribution is -2.16. The highest BCUT2D eigenvalue weighted by molar-refractivity contribution is 5.95. The topological polar surface area (TPSA) is 134 Å². The molecule has 1 N–H and O–H groups in total. The van der Waals surface area contributed by atoms with Gasteiger partial charge in [0, 0.05) is 12.1 Å². The number of ether oxygens (including phenoxy) is 3. The number of rotatable bonds is 5. The summed E-state index contributed by atoms with van der Waals surface area (Å²) in [5, 5.41) is 9.46. The fourth-order valence-electron chi connectivity index (χ4n) is 2.94.